The lowest BCUT2D eigenvalue weighted by molar-refractivity contribution is -0.137. The largest absolute Gasteiger partial charge is 0.465 e. The summed E-state index contributed by atoms with van der Waals surface area (Å²) >= 11 is 0. The lowest BCUT2D eigenvalue weighted by Gasteiger charge is -2.14. The zero-order valence-electron chi connectivity index (χ0n) is 17.9. The van der Waals surface area contributed by atoms with E-state index in [1.165, 1.54) is 18.5 Å². The van der Waals surface area contributed by atoms with E-state index in [2.05, 4.69) is 20.6 Å². The van der Waals surface area contributed by atoms with Crippen LogP contribution in [-0.4, -0.2) is 32.3 Å². The molecule has 1 amide bonds. The fourth-order valence-electron chi connectivity index (χ4n) is 3.44. The van der Waals surface area contributed by atoms with Gasteiger partial charge in [0.25, 0.3) is 0 Å². The third-order valence-corrected chi connectivity index (χ3v) is 5.01. The van der Waals surface area contributed by atoms with Crippen molar-refractivity contribution in [1.29, 1.82) is 0 Å². The Morgan fingerprint density at radius 2 is 1.97 bits per heavy atom. The Kier molecular flexibility index (Phi) is 6.26. The van der Waals surface area contributed by atoms with Crippen molar-refractivity contribution in [1.82, 2.24) is 19.9 Å². The fourth-order valence-corrected chi connectivity index (χ4v) is 3.44. The Bertz CT molecular complexity index is 1340. The molecule has 0 unspecified atom stereocenters. The second kappa shape index (κ2) is 9.30. The first-order valence-electron chi connectivity index (χ1n) is 10.2. The number of carbonyl (C=O) groups is 1. The Morgan fingerprint density at radius 3 is 2.71 bits per heavy atom. The molecule has 4 rings (SSSR count). The summed E-state index contributed by atoms with van der Waals surface area (Å²) in [6, 6.07) is 11.7. The normalized spacial score (nSPS) is 11.4. The predicted octanol–water partition coefficient (Wildman–Crippen LogP) is 5.56. The maximum absolute atomic E-state index is 13.0. The number of alkyl halides is 3. The minimum absolute atomic E-state index is 0.0870. The van der Waals surface area contributed by atoms with E-state index in [0.29, 0.717) is 40.4 Å². The molecule has 2 heterocycles. The number of fused-ring (bicyclic) bond motifs is 1. The van der Waals surface area contributed by atoms with E-state index in [9.17, 15) is 18.0 Å². The molecule has 0 spiro atoms. The second-order valence-corrected chi connectivity index (χ2v) is 7.43. The van der Waals surface area contributed by atoms with Gasteiger partial charge in [-0.1, -0.05) is 6.07 Å². The summed E-state index contributed by atoms with van der Waals surface area (Å²) in [5.74, 6) is 1.03. The van der Waals surface area contributed by atoms with Gasteiger partial charge in [-0.15, -0.1) is 0 Å². The van der Waals surface area contributed by atoms with Crippen molar-refractivity contribution < 1.29 is 27.8 Å². The number of benzene rings is 2. The van der Waals surface area contributed by atoms with Gasteiger partial charge in [-0.2, -0.15) is 13.2 Å². The number of hydrogen-bond acceptors (Lipinski definition) is 5. The van der Waals surface area contributed by atoms with Crippen LogP contribution in [0.25, 0.3) is 11.0 Å². The fraction of sp³-hybridized carbons (Fsp3) is 0.174. The van der Waals surface area contributed by atoms with Gasteiger partial charge in [0.15, 0.2) is 5.82 Å². The van der Waals surface area contributed by atoms with E-state index >= 15 is 0 Å². The molecule has 0 saturated carbocycles. The Morgan fingerprint density at radius 1 is 1.15 bits per heavy atom. The van der Waals surface area contributed by atoms with E-state index in [1.807, 2.05) is 4.57 Å². The quantitative estimate of drug-likeness (QED) is 0.326. The molecular formula is C23H20F3N5O3. The van der Waals surface area contributed by atoms with Crippen molar-refractivity contribution in [3.05, 3.63) is 72.2 Å². The van der Waals surface area contributed by atoms with E-state index < -0.39 is 17.8 Å². The van der Waals surface area contributed by atoms with Gasteiger partial charge in [0.05, 0.1) is 11.1 Å². The number of anilines is 2. The Balaban J connectivity index is 1.54. The first-order chi connectivity index (χ1) is 16.2. The van der Waals surface area contributed by atoms with Crippen molar-refractivity contribution in [2.24, 2.45) is 0 Å². The maximum Gasteiger partial charge on any atom is 0.416 e. The van der Waals surface area contributed by atoms with Crippen molar-refractivity contribution in [2.75, 3.05) is 11.9 Å². The molecule has 34 heavy (non-hydrogen) atoms. The topological polar surface area (TPSA) is 101 Å². The molecule has 0 saturated heterocycles. The molecule has 0 fully saturated rings. The summed E-state index contributed by atoms with van der Waals surface area (Å²) in [6.07, 6.45) is -2.34. The number of nitrogens with zero attached hydrogens (tertiary/aromatic N) is 3. The first-order valence-corrected chi connectivity index (χ1v) is 10.2. The van der Waals surface area contributed by atoms with Crippen LogP contribution in [0.3, 0.4) is 0 Å². The third-order valence-electron chi connectivity index (χ3n) is 5.01. The molecule has 4 aromatic rings. The van der Waals surface area contributed by atoms with E-state index in [1.54, 1.807) is 37.4 Å². The van der Waals surface area contributed by atoms with Crippen molar-refractivity contribution in [2.45, 2.75) is 19.6 Å². The number of aromatic nitrogens is 3. The molecule has 0 atom stereocenters. The SMILES string of the molecule is Cc1cc(Nc2ncnc3ccn(CCNC(=O)O)c23)ccc1Oc1cccc(C(F)(F)F)c1. The molecule has 0 bridgehead atoms. The minimum Gasteiger partial charge on any atom is -0.465 e. The summed E-state index contributed by atoms with van der Waals surface area (Å²) in [5, 5.41) is 14.3. The van der Waals surface area contributed by atoms with Crippen molar-refractivity contribution in [3.8, 4) is 11.5 Å². The zero-order chi connectivity index (χ0) is 24.3. The van der Waals surface area contributed by atoms with Crippen LogP contribution < -0.4 is 15.4 Å². The second-order valence-electron chi connectivity index (χ2n) is 7.43. The van der Waals surface area contributed by atoms with Crippen LogP contribution in [0.4, 0.5) is 29.5 Å². The first kappa shape index (κ1) is 22.9. The van der Waals surface area contributed by atoms with Crippen LogP contribution in [-0.2, 0) is 12.7 Å². The maximum atomic E-state index is 13.0. The number of carboxylic acid groups (broad SMARTS) is 1. The van der Waals surface area contributed by atoms with Gasteiger partial charge in [-0.3, -0.25) is 0 Å². The lowest BCUT2D eigenvalue weighted by Crippen LogP contribution is -2.25. The van der Waals surface area contributed by atoms with Gasteiger partial charge in [-0.05, 0) is 55.0 Å². The van der Waals surface area contributed by atoms with Crippen LogP contribution in [0.2, 0.25) is 0 Å². The lowest BCUT2D eigenvalue weighted by atomic mass is 10.2. The van der Waals surface area contributed by atoms with Gasteiger partial charge in [0.1, 0.15) is 23.3 Å². The molecule has 176 valence electrons. The van der Waals surface area contributed by atoms with Gasteiger partial charge in [0.2, 0.25) is 0 Å². The number of halogens is 3. The summed E-state index contributed by atoms with van der Waals surface area (Å²) in [5.41, 5.74) is 2.00. The van der Waals surface area contributed by atoms with E-state index in [4.69, 9.17) is 9.84 Å². The molecule has 8 nitrogen and oxygen atoms in total. The molecule has 0 aliphatic heterocycles. The average Bonchev–Trinajstić information content (AvgIpc) is 3.19. The number of ether oxygens (including phenoxy) is 1. The summed E-state index contributed by atoms with van der Waals surface area (Å²) < 4.78 is 46.4. The number of rotatable bonds is 7. The molecule has 0 aliphatic carbocycles. The smallest absolute Gasteiger partial charge is 0.416 e. The van der Waals surface area contributed by atoms with Crippen LogP contribution in [0.1, 0.15) is 11.1 Å². The van der Waals surface area contributed by atoms with Gasteiger partial charge >= 0.3 is 12.3 Å². The molecule has 2 aromatic carbocycles. The molecule has 0 radical (unpaired) electrons. The summed E-state index contributed by atoms with van der Waals surface area (Å²) in [6.45, 7) is 2.39. The summed E-state index contributed by atoms with van der Waals surface area (Å²) in [7, 11) is 0. The van der Waals surface area contributed by atoms with E-state index in [-0.39, 0.29) is 12.3 Å². The highest BCUT2D eigenvalue weighted by Crippen LogP contribution is 2.34. The number of hydrogen-bond donors (Lipinski definition) is 3. The summed E-state index contributed by atoms with van der Waals surface area (Å²) in [4.78, 5) is 19.3. The van der Waals surface area contributed by atoms with Gasteiger partial charge < -0.3 is 25.0 Å². The highest BCUT2D eigenvalue weighted by atomic mass is 19.4. The van der Waals surface area contributed by atoms with Crippen LogP contribution in [0, 0.1) is 6.92 Å². The van der Waals surface area contributed by atoms with Crippen LogP contribution in [0.5, 0.6) is 11.5 Å². The van der Waals surface area contributed by atoms with Crippen LogP contribution >= 0.6 is 0 Å². The average molecular weight is 471 g/mol. The monoisotopic (exact) mass is 471 g/mol. The third kappa shape index (κ3) is 5.20. The molecule has 0 aliphatic rings. The Hall–Kier alpha value is -4.28. The zero-order valence-corrected chi connectivity index (χ0v) is 17.9. The standard InChI is InChI=1S/C23H20F3N5O3/c1-14-11-16(5-6-19(14)34-17-4-2-3-15(12-17)23(24,25)26)30-21-20-18(28-13-29-21)7-9-31(20)10-8-27-22(32)33/h2-7,9,11-13,27H,8,10H2,1H3,(H,32,33)(H,28,29,30). The van der Waals surface area contributed by atoms with Crippen molar-refractivity contribution >= 4 is 28.6 Å². The number of amides is 1. The van der Waals surface area contributed by atoms with Gasteiger partial charge in [0, 0.05) is 25.0 Å². The predicted molar refractivity (Wildman–Crippen MR) is 120 cm³/mol. The Labute approximate surface area is 192 Å². The number of aryl methyl sites for hydroxylation is 1. The highest BCUT2D eigenvalue weighted by molar-refractivity contribution is 5.88. The highest BCUT2D eigenvalue weighted by Gasteiger charge is 2.30. The van der Waals surface area contributed by atoms with E-state index in [0.717, 1.165) is 12.1 Å². The molecular weight excluding hydrogens is 451 g/mol. The molecule has 3 N–H and O–H groups in total. The number of nitrogens with one attached hydrogen (secondary N) is 2. The van der Waals surface area contributed by atoms with Crippen molar-refractivity contribution in [3.63, 3.8) is 0 Å². The van der Waals surface area contributed by atoms with Crippen LogP contribution in [0.15, 0.2) is 61.1 Å². The minimum atomic E-state index is -4.45. The molecule has 11 heteroatoms. The molecule has 2 aromatic heterocycles. The van der Waals surface area contributed by atoms with Gasteiger partial charge in [-0.25, -0.2) is 14.8 Å².